The molecule has 14 heavy (non-hydrogen) atoms. The van der Waals surface area contributed by atoms with Crippen LogP contribution in [-0.2, 0) is 9.53 Å². The number of carbonyl (C=O) groups is 1. The maximum absolute atomic E-state index is 11.2. The van der Waals surface area contributed by atoms with Gasteiger partial charge in [0.25, 0.3) is 5.91 Å². The molecule has 78 valence electrons. The molecule has 0 aliphatic heterocycles. The summed E-state index contributed by atoms with van der Waals surface area (Å²) in [6.07, 6.45) is 0.0415. The van der Waals surface area contributed by atoms with Gasteiger partial charge >= 0.3 is 0 Å². The fourth-order valence-corrected chi connectivity index (χ4v) is 0.847. The summed E-state index contributed by atoms with van der Waals surface area (Å²) in [6.45, 7) is 5.53. The summed E-state index contributed by atoms with van der Waals surface area (Å²) in [5, 5.41) is 6.17. The van der Waals surface area contributed by atoms with E-state index in [4.69, 9.17) is 9.26 Å². The van der Waals surface area contributed by atoms with Gasteiger partial charge in [0.15, 0.2) is 5.82 Å². The maximum Gasteiger partial charge on any atom is 0.251 e. The van der Waals surface area contributed by atoms with Crippen LogP contribution in [0.4, 0.5) is 5.82 Å². The predicted octanol–water partition coefficient (Wildman–Crippen LogP) is 1.35. The van der Waals surface area contributed by atoms with Crippen LogP contribution in [0.15, 0.2) is 10.6 Å². The molecule has 0 spiro atoms. The van der Waals surface area contributed by atoms with Gasteiger partial charge in [-0.15, -0.1) is 0 Å². The van der Waals surface area contributed by atoms with Crippen LogP contribution >= 0.6 is 0 Å². The highest BCUT2D eigenvalue weighted by atomic mass is 16.5. The van der Waals surface area contributed by atoms with E-state index >= 15 is 0 Å². The zero-order chi connectivity index (χ0) is 10.6. The van der Waals surface area contributed by atoms with Gasteiger partial charge in [0.1, 0.15) is 12.4 Å². The number of amides is 1. The Morgan fingerprint density at radius 2 is 2.43 bits per heavy atom. The monoisotopic (exact) mass is 198 g/mol. The third kappa shape index (κ3) is 3.57. The first-order chi connectivity index (χ1) is 6.58. The fraction of sp³-hybridized carbons (Fsp3) is 0.556. The van der Waals surface area contributed by atoms with Crippen molar-refractivity contribution >= 4 is 11.7 Å². The van der Waals surface area contributed by atoms with Crippen LogP contribution in [-0.4, -0.2) is 23.8 Å². The molecule has 0 unspecified atom stereocenters. The van der Waals surface area contributed by atoms with E-state index in [0.717, 1.165) is 0 Å². The van der Waals surface area contributed by atoms with Crippen LogP contribution in [0.25, 0.3) is 0 Å². The SMILES string of the molecule is Cc1cc(NC(=O)COC(C)C)no1. The molecule has 0 atom stereocenters. The number of hydrogen-bond donors (Lipinski definition) is 1. The number of rotatable bonds is 4. The lowest BCUT2D eigenvalue weighted by molar-refractivity contribution is -0.122. The summed E-state index contributed by atoms with van der Waals surface area (Å²) in [7, 11) is 0. The molecule has 0 fully saturated rings. The molecule has 5 heteroatoms. The Kier molecular flexibility index (Phi) is 3.64. The first kappa shape index (κ1) is 10.7. The van der Waals surface area contributed by atoms with Gasteiger partial charge < -0.3 is 14.6 Å². The van der Waals surface area contributed by atoms with E-state index < -0.39 is 0 Å². The Hall–Kier alpha value is -1.36. The van der Waals surface area contributed by atoms with Crippen molar-refractivity contribution in [3.8, 4) is 0 Å². The van der Waals surface area contributed by atoms with Gasteiger partial charge in [0, 0.05) is 6.07 Å². The standard InChI is InChI=1S/C9H14N2O3/c1-6(2)13-5-9(12)10-8-4-7(3)14-11-8/h4,6H,5H2,1-3H3,(H,10,11,12). The van der Waals surface area contributed by atoms with Crippen molar-refractivity contribution in [2.75, 3.05) is 11.9 Å². The Labute approximate surface area is 82.4 Å². The first-order valence-electron chi connectivity index (χ1n) is 4.42. The number of aromatic nitrogens is 1. The number of carbonyl (C=O) groups excluding carboxylic acids is 1. The molecule has 0 bridgehead atoms. The molecule has 0 aliphatic rings. The molecular formula is C9H14N2O3. The minimum atomic E-state index is -0.230. The number of aryl methyl sites for hydroxylation is 1. The molecule has 1 rings (SSSR count). The quantitative estimate of drug-likeness (QED) is 0.793. The number of nitrogens with one attached hydrogen (secondary N) is 1. The second-order valence-corrected chi connectivity index (χ2v) is 3.23. The van der Waals surface area contributed by atoms with E-state index in [0.29, 0.717) is 11.6 Å². The molecule has 1 heterocycles. The fourth-order valence-electron chi connectivity index (χ4n) is 0.847. The van der Waals surface area contributed by atoms with Crippen molar-refractivity contribution in [3.05, 3.63) is 11.8 Å². The van der Waals surface area contributed by atoms with Gasteiger partial charge in [-0.3, -0.25) is 4.79 Å². The van der Waals surface area contributed by atoms with Gasteiger partial charge in [-0.2, -0.15) is 0 Å². The van der Waals surface area contributed by atoms with E-state index in [1.165, 1.54) is 0 Å². The van der Waals surface area contributed by atoms with E-state index in [1.807, 2.05) is 13.8 Å². The van der Waals surface area contributed by atoms with Crippen molar-refractivity contribution in [2.45, 2.75) is 26.9 Å². The van der Waals surface area contributed by atoms with Crippen LogP contribution in [0.2, 0.25) is 0 Å². The summed E-state index contributed by atoms with van der Waals surface area (Å²) in [4.78, 5) is 11.2. The zero-order valence-electron chi connectivity index (χ0n) is 8.53. The van der Waals surface area contributed by atoms with Crippen LogP contribution in [0.1, 0.15) is 19.6 Å². The van der Waals surface area contributed by atoms with Gasteiger partial charge in [0.05, 0.1) is 6.10 Å². The van der Waals surface area contributed by atoms with Crippen molar-refractivity contribution in [2.24, 2.45) is 0 Å². The molecule has 1 N–H and O–H groups in total. The topological polar surface area (TPSA) is 64.4 Å². The Morgan fingerprint density at radius 1 is 1.71 bits per heavy atom. The highest BCUT2D eigenvalue weighted by molar-refractivity contribution is 5.90. The van der Waals surface area contributed by atoms with E-state index in [-0.39, 0.29) is 18.6 Å². The van der Waals surface area contributed by atoms with Crippen LogP contribution in [0, 0.1) is 6.92 Å². The van der Waals surface area contributed by atoms with Crippen molar-refractivity contribution < 1.29 is 14.1 Å². The van der Waals surface area contributed by atoms with Gasteiger partial charge in [-0.25, -0.2) is 0 Å². The number of ether oxygens (including phenoxy) is 1. The lowest BCUT2D eigenvalue weighted by Gasteiger charge is -2.05. The van der Waals surface area contributed by atoms with Crippen molar-refractivity contribution in [3.63, 3.8) is 0 Å². The summed E-state index contributed by atoms with van der Waals surface area (Å²) in [5.41, 5.74) is 0. The molecule has 1 aromatic heterocycles. The van der Waals surface area contributed by atoms with Crippen LogP contribution in [0.5, 0.6) is 0 Å². The Morgan fingerprint density at radius 3 is 2.93 bits per heavy atom. The van der Waals surface area contributed by atoms with Crippen LogP contribution in [0.3, 0.4) is 0 Å². The predicted molar refractivity (Wildman–Crippen MR) is 51.0 cm³/mol. The highest BCUT2D eigenvalue weighted by Crippen LogP contribution is 2.06. The number of nitrogens with zero attached hydrogens (tertiary/aromatic N) is 1. The molecule has 1 aromatic rings. The molecule has 0 saturated carbocycles. The highest BCUT2D eigenvalue weighted by Gasteiger charge is 2.06. The minimum Gasteiger partial charge on any atom is -0.369 e. The largest absolute Gasteiger partial charge is 0.369 e. The number of hydrogen-bond acceptors (Lipinski definition) is 4. The average molecular weight is 198 g/mol. The molecule has 0 aromatic carbocycles. The summed E-state index contributed by atoms with van der Waals surface area (Å²) in [5.74, 6) is 0.844. The smallest absolute Gasteiger partial charge is 0.251 e. The van der Waals surface area contributed by atoms with Crippen molar-refractivity contribution in [1.82, 2.24) is 5.16 Å². The second-order valence-electron chi connectivity index (χ2n) is 3.23. The van der Waals surface area contributed by atoms with Gasteiger partial charge in [-0.1, -0.05) is 5.16 Å². The summed E-state index contributed by atoms with van der Waals surface area (Å²) in [6, 6.07) is 1.65. The maximum atomic E-state index is 11.2. The molecular weight excluding hydrogens is 184 g/mol. The van der Waals surface area contributed by atoms with Gasteiger partial charge in [0.2, 0.25) is 0 Å². The third-order valence-electron chi connectivity index (χ3n) is 1.44. The summed E-state index contributed by atoms with van der Waals surface area (Å²) >= 11 is 0. The molecule has 0 aliphatic carbocycles. The summed E-state index contributed by atoms with van der Waals surface area (Å²) < 4.78 is 9.90. The number of anilines is 1. The van der Waals surface area contributed by atoms with Crippen molar-refractivity contribution in [1.29, 1.82) is 0 Å². The lowest BCUT2D eigenvalue weighted by Crippen LogP contribution is -2.20. The minimum absolute atomic E-state index is 0.0313. The Bertz CT molecular complexity index is 307. The van der Waals surface area contributed by atoms with E-state index in [1.54, 1.807) is 13.0 Å². The molecule has 5 nitrogen and oxygen atoms in total. The normalized spacial score (nSPS) is 10.6. The van der Waals surface area contributed by atoms with Gasteiger partial charge in [-0.05, 0) is 20.8 Å². The second kappa shape index (κ2) is 4.76. The zero-order valence-corrected chi connectivity index (χ0v) is 8.53. The third-order valence-corrected chi connectivity index (χ3v) is 1.44. The van der Waals surface area contributed by atoms with E-state index in [9.17, 15) is 4.79 Å². The Balaban J connectivity index is 2.34. The first-order valence-corrected chi connectivity index (χ1v) is 4.42. The molecule has 1 amide bonds. The molecule has 0 radical (unpaired) electrons. The average Bonchev–Trinajstić information content (AvgIpc) is 2.48. The van der Waals surface area contributed by atoms with Crippen LogP contribution < -0.4 is 5.32 Å². The van der Waals surface area contributed by atoms with E-state index in [2.05, 4.69) is 10.5 Å². The molecule has 0 saturated heterocycles. The lowest BCUT2D eigenvalue weighted by atomic mass is 10.4.